The molecule has 1 aromatic heterocycles. The number of amides is 2. The van der Waals surface area contributed by atoms with E-state index in [2.05, 4.69) is 5.32 Å². The molecule has 34 heavy (non-hydrogen) atoms. The number of benzene rings is 2. The summed E-state index contributed by atoms with van der Waals surface area (Å²) in [4.78, 5) is 32.0. The monoisotopic (exact) mass is 458 g/mol. The Morgan fingerprint density at radius 3 is 2.59 bits per heavy atom. The van der Waals surface area contributed by atoms with Crippen LogP contribution in [0.1, 0.15) is 49.9 Å². The van der Waals surface area contributed by atoms with E-state index in [4.69, 9.17) is 4.98 Å². The molecule has 0 radical (unpaired) electrons. The Balaban J connectivity index is 1.35. The van der Waals surface area contributed by atoms with Crippen LogP contribution in [0.3, 0.4) is 0 Å². The van der Waals surface area contributed by atoms with E-state index in [9.17, 15) is 9.59 Å². The maximum absolute atomic E-state index is 13.1. The maximum Gasteiger partial charge on any atom is 0.243 e. The van der Waals surface area contributed by atoms with Gasteiger partial charge in [0.15, 0.2) is 0 Å². The Kier molecular flexibility index (Phi) is 8.12. The first-order valence-corrected chi connectivity index (χ1v) is 12.3. The standard InChI is InChI=1S/C28H34N4O2/c1-31(23-13-6-3-7-14-23)28(34)21-32-25-16-9-8-15-24(25)30-26(32)17-10-20-29-27(33)19-18-22-11-4-2-5-12-22/h2,4-5,8-9,11-12,15-16,18-19,23H,3,6-7,10,13-14,17,20-21H2,1H3,(H,29,33)/b19-18-. The van der Waals surface area contributed by atoms with Gasteiger partial charge >= 0.3 is 0 Å². The number of rotatable bonds is 9. The number of aromatic nitrogens is 2. The Hall–Kier alpha value is -3.41. The van der Waals surface area contributed by atoms with Crippen molar-refractivity contribution in [3.05, 3.63) is 72.1 Å². The minimum atomic E-state index is -0.110. The lowest BCUT2D eigenvalue weighted by Gasteiger charge is -2.31. The van der Waals surface area contributed by atoms with Crippen molar-refractivity contribution in [3.8, 4) is 0 Å². The quantitative estimate of drug-likeness (QED) is 0.377. The SMILES string of the molecule is CN(C(=O)Cn1c(CCCNC(=O)/C=C\c2ccccc2)nc2ccccc21)C1CCCCC1. The van der Waals surface area contributed by atoms with E-state index < -0.39 is 0 Å². The second-order valence-electron chi connectivity index (χ2n) is 9.04. The van der Waals surface area contributed by atoms with Gasteiger partial charge in [-0.05, 0) is 43.0 Å². The third-order valence-electron chi connectivity index (χ3n) is 6.65. The molecule has 0 unspecified atom stereocenters. The highest BCUT2D eigenvalue weighted by atomic mass is 16.2. The number of nitrogens with zero attached hydrogens (tertiary/aromatic N) is 3. The number of imidazole rings is 1. The fourth-order valence-electron chi connectivity index (χ4n) is 4.66. The summed E-state index contributed by atoms with van der Waals surface area (Å²) in [5, 5.41) is 2.94. The van der Waals surface area contributed by atoms with Crippen molar-refractivity contribution in [1.82, 2.24) is 19.8 Å². The molecule has 1 aliphatic carbocycles. The highest BCUT2D eigenvalue weighted by molar-refractivity contribution is 5.91. The number of hydrogen-bond acceptors (Lipinski definition) is 3. The van der Waals surface area contributed by atoms with Gasteiger partial charge in [0.25, 0.3) is 0 Å². The molecular formula is C28H34N4O2. The molecule has 0 saturated heterocycles. The zero-order valence-corrected chi connectivity index (χ0v) is 20.0. The molecule has 0 spiro atoms. The summed E-state index contributed by atoms with van der Waals surface area (Å²) >= 11 is 0. The summed E-state index contributed by atoms with van der Waals surface area (Å²) in [6.07, 6.45) is 10.7. The van der Waals surface area contributed by atoms with Crippen molar-refractivity contribution in [1.29, 1.82) is 0 Å². The maximum atomic E-state index is 13.1. The van der Waals surface area contributed by atoms with Gasteiger partial charge in [0.1, 0.15) is 12.4 Å². The number of hydrogen-bond donors (Lipinski definition) is 1. The molecule has 0 bridgehead atoms. The summed E-state index contributed by atoms with van der Waals surface area (Å²) in [7, 11) is 1.94. The van der Waals surface area contributed by atoms with E-state index >= 15 is 0 Å². The fraction of sp³-hybridized carbons (Fsp3) is 0.393. The van der Waals surface area contributed by atoms with Crippen molar-refractivity contribution in [3.63, 3.8) is 0 Å². The third-order valence-corrected chi connectivity index (χ3v) is 6.65. The molecule has 1 heterocycles. The molecule has 1 aliphatic rings. The van der Waals surface area contributed by atoms with E-state index in [1.165, 1.54) is 19.3 Å². The van der Waals surface area contributed by atoms with Crippen LogP contribution in [0.5, 0.6) is 0 Å². The first kappa shape index (κ1) is 23.7. The van der Waals surface area contributed by atoms with Gasteiger partial charge in [-0.2, -0.15) is 0 Å². The first-order valence-electron chi connectivity index (χ1n) is 12.3. The average molecular weight is 459 g/mol. The molecule has 1 saturated carbocycles. The molecule has 2 aromatic carbocycles. The van der Waals surface area contributed by atoms with Gasteiger partial charge in [0, 0.05) is 32.1 Å². The Morgan fingerprint density at radius 1 is 1.06 bits per heavy atom. The van der Waals surface area contributed by atoms with Crippen LogP contribution < -0.4 is 5.32 Å². The number of likely N-dealkylation sites (N-methyl/N-ethyl adjacent to an activating group) is 1. The molecular weight excluding hydrogens is 424 g/mol. The lowest BCUT2D eigenvalue weighted by atomic mass is 9.94. The van der Waals surface area contributed by atoms with Gasteiger partial charge in [-0.25, -0.2) is 4.98 Å². The number of fused-ring (bicyclic) bond motifs is 1. The highest BCUT2D eigenvalue weighted by Crippen LogP contribution is 2.23. The topological polar surface area (TPSA) is 67.2 Å². The molecule has 0 aliphatic heterocycles. The largest absolute Gasteiger partial charge is 0.353 e. The summed E-state index contributed by atoms with van der Waals surface area (Å²) in [5.74, 6) is 0.915. The summed E-state index contributed by atoms with van der Waals surface area (Å²) in [5.41, 5.74) is 2.88. The molecule has 4 rings (SSSR count). The normalized spacial score (nSPS) is 14.5. The molecule has 6 nitrogen and oxygen atoms in total. The Labute approximate surface area is 201 Å². The van der Waals surface area contributed by atoms with Crippen LogP contribution in [0, 0.1) is 0 Å². The van der Waals surface area contributed by atoms with Crippen LogP contribution in [0.25, 0.3) is 17.1 Å². The van der Waals surface area contributed by atoms with Crippen molar-refractivity contribution in [2.45, 2.75) is 57.5 Å². The van der Waals surface area contributed by atoms with Crippen molar-refractivity contribution < 1.29 is 9.59 Å². The number of carbonyl (C=O) groups excluding carboxylic acids is 2. The van der Waals surface area contributed by atoms with Crippen LogP contribution in [-0.4, -0.2) is 45.9 Å². The fourth-order valence-corrected chi connectivity index (χ4v) is 4.66. The Morgan fingerprint density at radius 2 is 1.79 bits per heavy atom. The Bertz CT molecular complexity index is 1130. The van der Waals surface area contributed by atoms with E-state index in [0.717, 1.165) is 41.7 Å². The number of carbonyl (C=O) groups is 2. The van der Waals surface area contributed by atoms with Gasteiger partial charge < -0.3 is 14.8 Å². The first-order chi connectivity index (χ1) is 16.6. The molecule has 6 heteroatoms. The van der Waals surface area contributed by atoms with E-state index in [1.54, 1.807) is 6.08 Å². The predicted molar refractivity (Wildman–Crippen MR) is 136 cm³/mol. The number of aryl methyl sites for hydroxylation is 1. The van der Waals surface area contributed by atoms with Gasteiger partial charge in [0.2, 0.25) is 11.8 Å². The van der Waals surface area contributed by atoms with Crippen LogP contribution in [0.4, 0.5) is 0 Å². The predicted octanol–water partition coefficient (Wildman–Crippen LogP) is 4.59. The number of para-hydroxylation sites is 2. The van der Waals surface area contributed by atoms with Crippen molar-refractivity contribution in [2.24, 2.45) is 0 Å². The van der Waals surface area contributed by atoms with Crippen LogP contribution in [-0.2, 0) is 22.6 Å². The van der Waals surface area contributed by atoms with E-state index in [-0.39, 0.29) is 11.8 Å². The smallest absolute Gasteiger partial charge is 0.243 e. The summed E-state index contributed by atoms with van der Waals surface area (Å²) in [6, 6.07) is 18.1. The van der Waals surface area contributed by atoms with E-state index in [1.807, 2.05) is 77.2 Å². The van der Waals surface area contributed by atoms with Crippen molar-refractivity contribution >= 4 is 28.9 Å². The van der Waals surface area contributed by atoms with Gasteiger partial charge in [-0.3, -0.25) is 9.59 Å². The van der Waals surface area contributed by atoms with Crippen LogP contribution in [0.2, 0.25) is 0 Å². The van der Waals surface area contributed by atoms with Gasteiger partial charge in [-0.1, -0.05) is 61.7 Å². The second kappa shape index (κ2) is 11.6. The molecule has 0 atom stereocenters. The zero-order valence-electron chi connectivity index (χ0n) is 20.0. The lowest BCUT2D eigenvalue weighted by molar-refractivity contribution is -0.133. The molecule has 3 aromatic rings. The minimum absolute atomic E-state index is 0.110. The lowest BCUT2D eigenvalue weighted by Crippen LogP contribution is -2.40. The highest BCUT2D eigenvalue weighted by Gasteiger charge is 2.23. The van der Waals surface area contributed by atoms with Gasteiger partial charge in [0.05, 0.1) is 11.0 Å². The van der Waals surface area contributed by atoms with Crippen molar-refractivity contribution in [2.75, 3.05) is 13.6 Å². The molecule has 2 amide bonds. The zero-order chi connectivity index (χ0) is 23.8. The number of nitrogens with one attached hydrogen (secondary N) is 1. The molecule has 1 N–H and O–H groups in total. The van der Waals surface area contributed by atoms with Crippen LogP contribution >= 0.6 is 0 Å². The molecule has 1 fully saturated rings. The minimum Gasteiger partial charge on any atom is -0.353 e. The van der Waals surface area contributed by atoms with Crippen LogP contribution in [0.15, 0.2) is 60.7 Å². The summed E-state index contributed by atoms with van der Waals surface area (Å²) < 4.78 is 2.05. The third kappa shape index (κ3) is 6.13. The second-order valence-corrected chi connectivity index (χ2v) is 9.04. The van der Waals surface area contributed by atoms with E-state index in [0.29, 0.717) is 25.6 Å². The average Bonchev–Trinajstić information content (AvgIpc) is 3.23. The van der Waals surface area contributed by atoms with Gasteiger partial charge in [-0.15, -0.1) is 0 Å². The summed E-state index contributed by atoms with van der Waals surface area (Å²) in [6.45, 7) is 0.853. The molecule has 178 valence electrons.